The summed E-state index contributed by atoms with van der Waals surface area (Å²) >= 11 is 1.52. The smallest absolute Gasteiger partial charge is 0.134 e. The number of allylic oxidation sites excluding steroid dienone is 1. The highest BCUT2D eigenvalue weighted by Crippen LogP contribution is 2.27. The number of aromatic nitrogens is 1. The Morgan fingerprint density at radius 2 is 1.85 bits per heavy atom. The van der Waals surface area contributed by atoms with E-state index in [0.717, 1.165) is 28.2 Å². The van der Waals surface area contributed by atoms with Crippen LogP contribution in [0.1, 0.15) is 41.5 Å². The molecule has 1 heterocycles. The number of aryl methyl sites for hydroxylation is 2. The zero-order valence-electron chi connectivity index (χ0n) is 15.2. The Balaban J connectivity index is 1.81. The van der Waals surface area contributed by atoms with Gasteiger partial charge in [0, 0.05) is 10.9 Å². The van der Waals surface area contributed by atoms with Crippen LogP contribution < -0.4 is 0 Å². The number of rotatable bonds is 6. The summed E-state index contributed by atoms with van der Waals surface area (Å²) in [7, 11) is 0. The molecule has 3 aromatic rings. The van der Waals surface area contributed by atoms with Crippen LogP contribution in [0.2, 0.25) is 0 Å². The van der Waals surface area contributed by atoms with Crippen LogP contribution in [0.15, 0.2) is 53.9 Å². The normalized spacial score (nSPS) is 11.3. The van der Waals surface area contributed by atoms with Crippen molar-refractivity contribution in [3.8, 4) is 17.3 Å². The second kappa shape index (κ2) is 8.60. The summed E-state index contributed by atoms with van der Waals surface area (Å²) in [5.41, 5.74) is 6.22. The minimum Gasteiger partial charge on any atom is -0.235 e. The van der Waals surface area contributed by atoms with E-state index in [2.05, 4.69) is 49.2 Å². The molecule has 0 radical (unpaired) electrons. The van der Waals surface area contributed by atoms with Gasteiger partial charge in [-0.25, -0.2) is 4.98 Å². The molecule has 0 amide bonds. The third-order valence-corrected chi connectivity index (χ3v) is 5.19. The Morgan fingerprint density at radius 3 is 2.50 bits per heavy atom. The molecule has 2 aromatic carbocycles. The second-order valence-corrected chi connectivity index (χ2v) is 7.28. The maximum absolute atomic E-state index is 9.54. The molecule has 0 fully saturated rings. The summed E-state index contributed by atoms with van der Waals surface area (Å²) in [6, 6.07) is 19.0. The van der Waals surface area contributed by atoms with E-state index in [1.807, 2.05) is 35.7 Å². The fraction of sp³-hybridized carbons (Fsp3) is 0.217. The summed E-state index contributed by atoms with van der Waals surface area (Å²) in [5.74, 6) is 0. The number of nitriles is 1. The van der Waals surface area contributed by atoms with Gasteiger partial charge in [0.05, 0.1) is 11.3 Å². The van der Waals surface area contributed by atoms with Gasteiger partial charge in [-0.3, -0.25) is 0 Å². The quantitative estimate of drug-likeness (QED) is 0.470. The van der Waals surface area contributed by atoms with Gasteiger partial charge in [-0.1, -0.05) is 67.4 Å². The van der Waals surface area contributed by atoms with Crippen LogP contribution in [0.25, 0.3) is 22.9 Å². The van der Waals surface area contributed by atoms with Crippen LogP contribution >= 0.6 is 11.3 Å². The fourth-order valence-corrected chi connectivity index (χ4v) is 3.52. The first kappa shape index (κ1) is 18.1. The summed E-state index contributed by atoms with van der Waals surface area (Å²) < 4.78 is 0. The van der Waals surface area contributed by atoms with Crippen molar-refractivity contribution in [2.75, 3.05) is 0 Å². The van der Waals surface area contributed by atoms with Gasteiger partial charge in [0.2, 0.25) is 0 Å². The van der Waals surface area contributed by atoms with E-state index >= 15 is 0 Å². The molecular weight excluding hydrogens is 336 g/mol. The van der Waals surface area contributed by atoms with E-state index < -0.39 is 0 Å². The average molecular weight is 359 g/mol. The minimum absolute atomic E-state index is 0.602. The van der Waals surface area contributed by atoms with Gasteiger partial charge in [-0.05, 0) is 37.0 Å². The van der Waals surface area contributed by atoms with Gasteiger partial charge in [-0.2, -0.15) is 5.26 Å². The van der Waals surface area contributed by atoms with Crippen LogP contribution in [0, 0.1) is 18.3 Å². The van der Waals surface area contributed by atoms with Gasteiger partial charge in [0.1, 0.15) is 11.1 Å². The largest absolute Gasteiger partial charge is 0.235 e. The predicted molar refractivity (Wildman–Crippen MR) is 111 cm³/mol. The SMILES string of the molecule is CCCCc1ccc(-c2csc(/C(C#N)=C/c3ccc(C)cc3)n2)cc1. The molecule has 3 rings (SSSR count). The van der Waals surface area contributed by atoms with E-state index in [9.17, 15) is 5.26 Å². The highest BCUT2D eigenvalue weighted by molar-refractivity contribution is 7.11. The predicted octanol–water partition coefficient (Wildman–Crippen LogP) is 6.53. The number of hydrogen-bond donors (Lipinski definition) is 0. The van der Waals surface area contributed by atoms with Crippen molar-refractivity contribution in [2.24, 2.45) is 0 Å². The van der Waals surface area contributed by atoms with E-state index in [-0.39, 0.29) is 0 Å². The molecule has 130 valence electrons. The molecule has 0 unspecified atom stereocenters. The summed E-state index contributed by atoms with van der Waals surface area (Å²) in [6.45, 7) is 4.27. The molecule has 1 aromatic heterocycles. The third-order valence-electron chi connectivity index (χ3n) is 4.31. The van der Waals surface area contributed by atoms with E-state index in [0.29, 0.717) is 5.57 Å². The van der Waals surface area contributed by atoms with E-state index in [4.69, 9.17) is 0 Å². The molecule has 2 nitrogen and oxygen atoms in total. The van der Waals surface area contributed by atoms with Crippen molar-refractivity contribution in [1.29, 1.82) is 5.26 Å². The Kier molecular flexibility index (Phi) is 5.99. The van der Waals surface area contributed by atoms with Crippen molar-refractivity contribution in [2.45, 2.75) is 33.1 Å². The maximum atomic E-state index is 9.54. The van der Waals surface area contributed by atoms with Crippen molar-refractivity contribution in [3.05, 3.63) is 75.6 Å². The third kappa shape index (κ3) is 4.47. The molecule has 0 saturated heterocycles. The first-order valence-corrected chi connectivity index (χ1v) is 9.81. The standard InChI is InChI=1S/C23H22N2S/c1-3-4-5-18-10-12-20(13-11-18)22-16-26-23(25-22)21(15-24)14-19-8-6-17(2)7-9-19/h6-14,16H,3-5H2,1-2H3/b21-14+. The summed E-state index contributed by atoms with van der Waals surface area (Å²) in [4.78, 5) is 4.68. The molecule has 0 saturated carbocycles. The Hall–Kier alpha value is -2.70. The number of thiazole rings is 1. The van der Waals surface area contributed by atoms with Crippen LogP contribution in [-0.4, -0.2) is 4.98 Å². The molecule has 0 aliphatic rings. The zero-order chi connectivity index (χ0) is 18.4. The van der Waals surface area contributed by atoms with Crippen LogP contribution in [0.3, 0.4) is 0 Å². The lowest BCUT2D eigenvalue weighted by molar-refractivity contribution is 0.795. The molecule has 0 aliphatic heterocycles. The molecule has 0 aliphatic carbocycles. The molecule has 0 spiro atoms. The lowest BCUT2D eigenvalue weighted by Gasteiger charge is -2.01. The summed E-state index contributed by atoms with van der Waals surface area (Å²) in [5, 5.41) is 12.3. The Labute approximate surface area is 159 Å². The molecule has 26 heavy (non-hydrogen) atoms. The van der Waals surface area contributed by atoms with Crippen LogP contribution in [0.5, 0.6) is 0 Å². The van der Waals surface area contributed by atoms with E-state index in [1.54, 1.807) is 0 Å². The van der Waals surface area contributed by atoms with E-state index in [1.165, 1.54) is 35.3 Å². The van der Waals surface area contributed by atoms with Gasteiger partial charge in [0.15, 0.2) is 0 Å². The highest BCUT2D eigenvalue weighted by atomic mass is 32.1. The topological polar surface area (TPSA) is 36.7 Å². The minimum atomic E-state index is 0.602. The van der Waals surface area contributed by atoms with Crippen molar-refractivity contribution in [1.82, 2.24) is 4.98 Å². The number of unbranched alkanes of at least 4 members (excludes halogenated alkanes) is 1. The average Bonchev–Trinajstić information content (AvgIpc) is 3.16. The van der Waals surface area contributed by atoms with Crippen molar-refractivity contribution >= 4 is 23.0 Å². The molecule has 0 bridgehead atoms. The fourth-order valence-electron chi connectivity index (χ4n) is 2.72. The number of nitrogens with zero attached hydrogens (tertiary/aromatic N) is 2. The highest BCUT2D eigenvalue weighted by Gasteiger charge is 2.09. The van der Waals surface area contributed by atoms with Crippen molar-refractivity contribution < 1.29 is 0 Å². The number of benzene rings is 2. The molecular formula is C23H22N2S. The van der Waals surface area contributed by atoms with Crippen LogP contribution in [-0.2, 0) is 6.42 Å². The zero-order valence-corrected chi connectivity index (χ0v) is 16.0. The maximum Gasteiger partial charge on any atom is 0.134 e. The second-order valence-electron chi connectivity index (χ2n) is 6.42. The molecule has 0 atom stereocenters. The van der Waals surface area contributed by atoms with Gasteiger partial charge in [-0.15, -0.1) is 11.3 Å². The lowest BCUT2D eigenvalue weighted by atomic mass is 10.1. The van der Waals surface area contributed by atoms with Crippen LogP contribution in [0.4, 0.5) is 0 Å². The number of hydrogen-bond acceptors (Lipinski definition) is 3. The first-order chi connectivity index (χ1) is 12.7. The summed E-state index contributed by atoms with van der Waals surface area (Å²) in [6.07, 6.45) is 5.45. The Morgan fingerprint density at radius 1 is 1.12 bits per heavy atom. The molecule has 0 N–H and O–H groups in total. The lowest BCUT2D eigenvalue weighted by Crippen LogP contribution is -1.86. The monoisotopic (exact) mass is 358 g/mol. The molecule has 3 heteroatoms. The van der Waals surface area contributed by atoms with Gasteiger partial charge < -0.3 is 0 Å². The Bertz CT molecular complexity index is 926. The van der Waals surface area contributed by atoms with Gasteiger partial charge >= 0.3 is 0 Å². The van der Waals surface area contributed by atoms with Crippen molar-refractivity contribution in [3.63, 3.8) is 0 Å². The first-order valence-electron chi connectivity index (χ1n) is 8.93. The van der Waals surface area contributed by atoms with Gasteiger partial charge in [0.25, 0.3) is 0 Å².